The van der Waals surface area contributed by atoms with Crippen molar-refractivity contribution in [1.82, 2.24) is 9.97 Å². The van der Waals surface area contributed by atoms with Gasteiger partial charge in [-0.2, -0.15) is 0 Å². The van der Waals surface area contributed by atoms with Gasteiger partial charge < -0.3 is 4.98 Å². The van der Waals surface area contributed by atoms with Crippen LogP contribution in [0.3, 0.4) is 0 Å². The van der Waals surface area contributed by atoms with Crippen LogP contribution in [0.1, 0.15) is 75.4 Å². The Kier molecular flexibility index (Phi) is 4.78. The molecule has 19 heavy (non-hydrogen) atoms. The molecule has 1 N–H and O–H groups in total. The summed E-state index contributed by atoms with van der Waals surface area (Å²) in [5.41, 5.74) is 1.80. The van der Waals surface area contributed by atoms with Crippen molar-refractivity contribution in [3.63, 3.8) is 0 Å². The Labute approximate surface area is 115 Å². The fourth-order valence-corrected chi connectivity index (χ4v) is 3.27. The molecule has 0 aromatic carbocycles. The van der Waals surface area contributed by atoms with Gasteiger partial charge in [-0.05, 0) is 44.9 Å². The van der Waals surface area contributed by atoms with Crippen molar-refractivity contribution in [1.29, 1.82) is 0 Å². The zero-order valence-corrected chi connectivity index (χ0v) is 12.5. The summed E-state index contributed by atoms with van der Waals surface area (Å²) < 4.78 is 0. The molecule has 106 valence electrons. The monoisotopic (exact) mass is 262 g/mol. The molecule has 1 aromatic rings. The molecule has 1 aromatic heterocycles. The van der Waals surface area contributed by atoms with Crippen molar-refractivity contribution in [3.8, 4) is 0 Å². The van der Waals surface area contributed by atoms with E-state index in [9.17, 15) is 4.79 Å². The summed E-state index contributed by atoms with van der Waals surface area (Å²) in [4.78, 5) is 19.6. The van der Waals surface area contributed by atoms with E-state index in [1.165, 1.54) is 38.5 Å². The summed E-state index contributed by atoms with van der Waals surface area (Å²) in [5.74, 6) is 2.29. The average molecular weight is 262 g/mol. The quantitative estimate of drug-likeness (QED) is 0.899. The third kappa shape index (κ3) is 3.26. The van der Waals surface area contributed by atoms with Gasteiger partial charge in [0, 0.05) is 11.5 Å². The zero-order valence-electron chi connectivity index (χ0n) is 12.5. The van der Waals surface area contributed by atoms with Crippen molar-refractivity contribution in [2.45, 2.75) is 71.6 Å². The van der Waals surface area contributed by atoms with Gasteiger partial charge in [0.25, 0.3) is 5.56 Å². The molecule has 2 rings (SSSR count). The predicted molar refractivity (Wildman–Crippen MR) is 78.6 cm³/mol. The molecule has 1 saturated carbocycles. The van der Waals surface area contributed by atoms with E-state index in [1.54, 1.807) is 0 Å². The fourth-order valence-electron chi connectivity index (χ4n) is 3.27. The summed E-state index contributed by atoms with van der Waals surface area (Å²) >= 11 is 0. The lowest BCUT2D eigenvalue weighted by molar-refractivity contribution is 0.301. The van der Waals surface area contributed by atoms with Crippen molar-refractivity contribution < 1.29 is 0 Å². The fraction of sp³-hybridized carbons (Fsp3) is 0.750. The summed E-state index contributed by atoms with van der Waals surface area (Å²) in [5, 5.41) is 0. The van der Waals surface area contributed by atoms with E-state index < -0.39 is 0 Å². The molecule has 0 saturated heterocycles. The second kappa shape index (κ2) is 6.36. The molecule has 0 aliphatic heterocycles. The molecule has 1 fully saturated rings. The lowest BCUT2D eigenvalue weighted by Gasteiger charge is -2.27. The zero-order chi connectivity index (χ0) is 13.8. The molecular formula is C16H26N2O. The number of aryl methyl sites for hydroxylation is 1. The van der Waals surface area contributed by atoms with E-state index >= 15 is 0 Å². The molecule has 3 nitrogen and oxygen atoms in total. The third-order valence-electron chi connectivity index (χ3n) is 4.54. The van der Waals surface area contributed by atoms with E-state index in [4.69, 9.17) is 4.98 Å². The molecule has 0 radical (unpaired) electrons. The maximum atomic E-state index is 11.9. The maximum Gasteiger partial charge on any atom is 0.254 e. The summed E-state index contributed by atoms with van der Waals surface area (Å²) in [6.07, 6.45) is 8.42. The van der Waals surface area contributed by atoms with Gasteiger partial charge in [0.2, 0.25) is 0 Å². The average Bonchev–Trinajstić information content (AvgIpc) is 2.43. The van der Waals surface area contributed by atoms with Crippen molar-refractivity contribution in [2.24, 2.45) is 5.92 Å². The Morgan fingerprint density at radius 2 is 1.89 bits per heavy atom. The van der Waals surface area contributed by atoms with Crippen LogP contribution in [-0.4, -0.2) is 9.97 Å². The van der Waals surface area contributed by atoms with E-state index in [2.05, 4.69) is 18.8 Å². The van der Waals surface area contributed by atoms with Crippen LogP contribution in [-0.2, 0) is 6.42 Å². The minimum atomic E-state index is 0.0533. The number of hydrogen-bond donors (Lipinski definition) is 1. The van der Waals surface area contributed by atoms with E-state index in [-0.39, 0.29) is 5.56 Å². The molecule has 0 bridgehead atoms. The molecule has 0 amide bonds. The molecule has 0 unspecified atom stereocenters. The smallest absolute Gasteiger partial charge is 0.254 e. The maximum absolute atomic E-state index is 11.9. The van der Waals surface area contributed by atoms with Crippen molar-refractivity contribution in [2.75, 3.05) is 0 Å². The highest BCUT2D eigenvalue weighted by Gasteiger charge is 2.24. The Balaban J connectivity index is 2.11. The predicted octanol–water partition coefficient (Wildman–Crippen LogP) is 3.71. The van der Waals surface area contributed by atoms with E-state index in [0.717, 1.165) is 29.4 Å². The first-order valence-corrected chi connectivity index (χ1v) is 7.75. The normalized spacial score (nSPS) is 23.5. The first kappa shape index (κ1) is 14.3. The second-order valence-electron chi connectivity index (χ2n) is 5.88. The third-order valence-corrected chi connectivity index (χ3v) is 4.54. The standard InChI is InChI=1S/C16H26N2O/c1-4-6-12-7-9-13(10-8-12)15-17-14(5-2)11(3)16(19)18-15/h12-13H,4-10H2,1-3H3,(H,17,18,19). The van der Waals surface area contributed by atoms with Crippen molar-refractivity contribution >= 4 is 0 Å². The van der Waals surface area contributed by atoms with Crippen LogP contribution in [0.15, 0.2) is 4.79 Å². The van der Waals surface area contributed by atoms with Gasteiger partial charge in [0.05, 0.1) is 5.69 Å². The minimum Gasteiger partial charge on any atom is -0.310 e. The summed E-state index contributed by atoms with van der Waals surface area (Å²) in [6.45, 7) is 6.20. The molecule has 0 atom stereocenters. The highest BCUT2D eigenvalue weighted by molar-refractivity contribution is 5.17. The highest BCUT2D eigenvalue weighted by atomic mass is 16.1. The largest absolute Gasteiger partial charge is 0.310 e. The molecule has 1 heterocycles. The van der Waals surface area contributed by atoms with Crippen LogP contribution in [0.2, 0.25) is 0 Å². The number of nitrogens with one attached hydrogen (secondary N) is 1. The lowest BCUT2D eigenvalue weighted by atomic mass is 9.79. The topological polar surface area (TPSA) is 45.8 Å². The van der Waals surface area contributed by atoms with Crippen LogP contribution in [0.4, 0.5) is 0 Å². The van der Waals surface area contributed by atoms with Gasteiger partial charge in [-0.15, -0.1) is 0 Å². The minimum absolute atomic E-state index is 0.0533. The van der Waals surface area contributed by atoms with E-state index in [0.29, 0.717) is 5.92 Å². The van der Waals surface area contributed by atoms with Gasteiger partial charge in [0.15, 0.2) is 0 Å². The van der Waals surface area contributed by atoms with Gasteiger partial charge in [-0.25, -0.2) is 4.98 Å². The molecule has 1 aliphatic rings. The van der Waals surface area contributed by atoms with Crippen molar-refractivity contribution in [3.05, 3.63) is 27.4 Å². The SMILES string of the molecule is CCCC1CCC(c2nc(CC)c(C)c(=O)[nH]2)CC1. The molecule has 3 heteroatoms. The molecule has 0 spiro atoms. The van der Waals surface area contributed by atoms with Crippen LogP contribution in [0, 0.1) is 12.8 Å². The van der Waals surface area contributed by atoms with Crippen LogP contribution < -0.4 is 5.56 Å². The number of aromatic amines is 1. The van der Waals surface area contributed by atoms with E-state index in [1.807, 2.05) is 6.92 Å². The Morgan fingerprint density at radius 1 is 1.21 bits per heavy atom. The number of H-pyrrole nitrogens is 1. The summed E-state index contributed by atoms with van der Waals surface area (Å²) in [7, 11) is 0. The molecular weight excluding hydrogens is 236 g/mol. The number of hydrogen-bond acceptors (Lipinski definition) is 2. The lowest BCUT2D eigenvalue weighted by Crippen LogP contribution is -2.22. The Hall–Kier alpha value is -1.12. The Bertz CT molecular complexity index is 470. The number of nitrogens with zero attached hydrogens (tertiary/aromatic N) is 1. The number of rotatable bonds is 4. The van der Waals surface area contributed by atoms with Crippen LogP contribution >= 0.6 is 0 Å². The van der Waals surface area contributed by atoms with Gasteiger partial charge in [-0.3, -0.25) is 4.79 Å². The molecule has 1 aliphatic carbocycles. The van der Waals surface area contributed by atoms with Gasteiger partial charge in [-0.1, -0.05) is 26.7 Å². The Morgan fingerprint density at radius 3 is 2.47 bits per heavy atom. The number of aromatic nitrogens is 2. The second-order valence-corrected chi connectivity index (χ2v) is 5.88. The van der Waals surface area contributed by atoms with Gasteiger partial charge >= 0.3 is 0 Å². The first-order chi connectivity index (χ1) is 9.15. The van der Waals surface area contributed by atoms with Crippen LogP contribution in [0.25, 0.3) is 0 Å². The van der Waals surface area contributed by atoms with Crippen LogP contribution in [0.5, 0.6) is 0 Å². The highest BCUT2D eigenvalue weighted by Crippen LogP contribution is 2.35. The van der Waals surface area contributed by atoms with Gasteiger partial charge in [0.1, 0.15) is 5.82 Å². The first-order valence-electron chi connectivity index (χ1n) is 7.75. The summed E-state index contributed by atoms with van der Waals surface area (Å²) in [6, 6.07) is 0.